The van der Waals surface area contributed by atoms with E-state index in [0.29, 0.717) is 19.5 Å². The molecule has 0 bridgehead atoms. The summed E-state index contributed by atoms with van der Waals surface area (Å²) < 4.78 is 0. The quantitative estimate of drug-likeness (QED) is 0.926. The van der Waals surface area contributed by atoms with Gasteiger partial charge in [-0.3, -0.25) is 9.59 Å². The largest absolute Gasteiger partial charge is 0.349 e. The van der Waals surface area contributed by atoms with Crippen molar-refractivity contribution < 1.29 is 9.59 Å². The first-order valence-electron chi connectivity index (χ1n) is 7.75. The summed E-state index contributed by atoms with van der Waals surface area (Å²) >= 11 is 1.58. The van der Waals surface area contributed by atoms with Crippen molar-refractivity contribution in [3.63, 3.8) is 0 Å². The maximum Gasteiger partial charge on any atom is 0.243 e. The van der Waals surface area contributed by atoms with Crippen LogP contribution in [0.1, 0.15) is 49.9 Å². The van der Waals surface area contributed by atoms with Crippen LogP contribution in [0.3, 0.4) is 0 Å². The first-order valence-corrected chi connectivity index (χ1v) is 8.56. The molecule has 122 valence electrons. The van der Waals surface area contributed by atoms with Crippen molar-refractivity contribution in [1.29, 1.82) is 0 Å². The average Bonchev–Trinajstić information content (AvgIpc) is 3.02. The van der Waals surface area contributed by atoms with E-state index < -0.39 is 0 Å². The van der Waals surface area contributed by atoms with Gasteiger partial charge in [-0.15, -0.1) is 11.3 Å². The van der Waals surface area contributed by atoms with Gasteiger partial charge in [0.1, 0.15) is 6.04 Å². The van der Waals surface area contributed by atoms with Crippen molar-refractivity contribution >= 4 is 23.2 Å². The minimum absolute atomic E-state index is 0.0502. The fourth-order valence-electron chi connectivity index (χ4n) is 2.67. The number of carbonyl (C=O) groups excluding carboxylic acids is 2. The van der Waals surface area contributed by atoms with Gasteiger partial charge in [0, 0.05) is 24.0 Å². The number of carbonyl (C=O) groups is 2. The summed E-state index contributed by atoms with van der Waals surface area (Å²) in [6.45, 7) is 9.25. The normalized spacial score (nSPS) is 18.5. The van der Waals surface area contributed by atoms with Crippen molar-refractivity contribution in [3.8, 4) is 0 Å². The maximum atomic E-state index is 12.4. The highest BCUT2D eigenvalue weighted by atomic mass is 32.1. The summed E-state index contributed by atoms with van der Waals surface area (Å²) in [5.41, 5.74) is -0.0547. The predicted molar refractivity (Wildman–Crippen MR) is 87.5 cm³/mol. The molecule has 0 saturated carbocycles. The Kier molecular flexibility index (Phi) is 5.21. The van der Waals surface area contributed by atoms with Gasteiger partial charge in [0.05, 0.1) is 11.6 Å². The second-order valence-corrected chi connectivity index (χ2v) is 8.37. The summed E-state index contributed by atoms with van der Waals surface area (Å²) in [6, 6.07) is -0.316. The summed E-state index contributed by atoms with van der Waals surface area (Å²) in [5.74, 6) is 0.0320. The Hall–Kier alpha value is -1.43. The lowest BCUT2D eigenvalue weighted by Crippen LogP contribution is -2.46. The van der Waals surface area contributed by atoms with Crippen molar-refractivity contribution in [2.24, 2.45) is 5.41 Å². The van der Waals surface area contributed by atoms with Crippen LogP contribution in [-0.4, -0.2) is 34.3 Å². The Morgan fingerprint density at radius 2 is 2.18 bits per heavy atom. The molecule has 1 unspecified atom stereocenters. The number of nitrogens with zero attached hydrogens (tertiary/aromatic N) is 2. The molecule has 1 aliphatic rings. The van der Waals surface area contributed by atoms with Crippen LogP contribution in [-0.2, 0) is 16.1 Å². The van der Waals surface area contributed by atoms with Crippen LogP contribution in [0.5, 0.6) is 0 Å². The van der Waals surface area contributed by atoms with Crippen molar-refractivity contribution in [2.45, 2.75) is 59.5 Å². The molecule has 1 fully saturated rings. The lowest BCUT2D eigenvalue weighted by atomic mass is 9.91. The van der Waals surface area contributed by atoms with E-state index in [2.05, 4.69) is 10.3 Å². The number of thiazole rings is 1. The smallest absolute Gasteiger partial charge is 0.243 e. The number of nitrogens with one attached hydrogen (secondary N) is 1. The molecule has 1 aromatic rings. The zero-order chi connectivity index (χ0) is 16.3. The molecule has 22 heavy (non-hydrogen) atoms. The minimum atomic E-state index is -0.316. The van der Waals surface area contributed by atoms with E-state index in [0.717, 1.165) is 22.7 Å². The van der Waals surface area contributed by atoms with E-state index in [4.69, 9.17) is 0 Å². The number of aromatic nitrogens is 1. The van der Waals surface area contributed by atoms with Gasteiger partial charge in [0.25, 0.3) is 0 Å². The summed E-state index contributed by atoms with van der Waals surface area (Å²) in [6.07, 6.45) is 3.92. The van der Waals surface area contributed by atoms with E-state index in [1.807, 2.05) is 27.7 Å². The number of likely N-dealkylation sites (tertiary alicyclic amines) is 1. The van der Waals surface area contributed by atoms with Gasteiger partial charge in [-0.1, -0.05) is 20.8 Å². The maximum absolute atomic E-state index is 12.4. The first-order chi connectivity index (χ1) is 10.3. The van der Waals surface area contributed by atoms with E-state index in [-0.39, 0.29) is 23.3 Å². The SMILES string of the molecule is Cc1ncc(CNC(=O)C2CCCN2C(=O)CC(C)(C)C)s1. The van der Waals surface area contributed by atoms with E-state index in [1.165, 1.54) is 0 Å². The Morgan fingerprint density at radius 3 is 2.77 bits per heavy atom. The number of amides is 2. The van der Waals surface area contributed by atoms with Crippen LogP contribution < -0.4 is 5.32 Å². The van der Waals surface area contributed by atoms with Crippen LogP contribution in [0.15, 0.2) is 6.20 Å². The number of rotatable bonds is 4. The van der Waals surface area contributed by atoms with Crippen molar-refractivity contribution in [1.82, 2.24) is 15.2 Å². The molecule has 0 aromatic carbocycles. The van der Waals surface area contributed by atoms with Crippen molar-refractivity contribution in [2.75, 3.05) is 6.54 Å². The van der Waals surface area contributed by atoms with Gasteiger partial charge >= 0.3 is 0 Å². The van der Waals surface area contributed by atoms with Gasteiger partial charge in [-0.05, 0) is 25.2 Å². The molecule has 5 nitrogen and oxygen atoms in total. The Bertz CT molecular complexity index is 548. The van der Waals surface area contributed by atoms with Crippen LogP contribution in [0.25, 0.3) is 0 Å². The standard InChI is InChI=1S/C16H25N3O2S/c1-11-17-9-12(22-11)10-18-15(21)13-6-5-7-19(13)14(20)8-16(2,3)4/h9,13H,5-8,10H2,1-4H3,(H,18,21). The molecule has 2 heterocycles. The van der Waals surface area contributed by atoms with E-state index >= 15 is 0 Å². The number of hydrogen-bond donors (Lipinski definition) is 1. The first kappa shape index (κ1) is 16.9. The third kappa shape index (κ3) is 4.53. The van der Waals surface area contributed by atoms with Crippen LogP contribution in [0, 0.1) is 12.3 Å². The molecule has 1 N–H and O–H groups in total. The zero-order valence-corrected chi connectivity index (χ0v) is 14.6. The summed E-state index contributed by atoms with van der Waals surface area (Å²) in [5, 5.41) is 3.93. The molecule has 1 aliphatic heterocycles. The Balaban J connectivity index is 1.91. The third-order valence-corrected chi connectivity index (χ3v) is 4.58. The topological polar surface area (TPSA) is 62.3 Å². The fourth-order valence-corrected chi connectivity index (χ4v) is 3.41. The predicted octanol–water partition coefficient (Wildman–Crippen LogP) is 2.49. The number of aryl methyl sites for hydroxylation is 1. The molecule has 1 saturated heterocycles. The van der Waals surface area contributed by atoms with Crippen LogP contribution in [0.2, 0.25) is 0 Å². The molecule has 2 amide bonds. The van der Waals surface area contributed by atoms with Crippen LogP contribution in [0.4, 0.5) is 0 Å². The van der Waals surface area contributed by atoms with Crippen LogP contribution >= 0.6 is 11.3 Å². The third-order valence-electron chi connectivity index (χ3n) is 3.66. The molecule has 1 aromatic heterocycles. The lowest BCUT2D eigenvalue weighted by Gasteiger charge is -2.27. The molecule has 6 heteroatoms. The second-order valence-electron chi connectivity index (χ2n) is 7.05. The molecule has 1 atom stereocenters. The highest BCUT2D eigenvalue weighted by molar-refractivity contribution is 7.11. The zero-order valence-electron chi connectivity index (χ0n) is 13.8. The van der Waals surface area contributed by atoms with Gasteiger partial charge in [0.2, 0.25) is 11.8 Å². The molecular formula is C16H25N3O2S. The average molecular weight is 323 g/mol. The van der Waals surface area contributed by atoms with Crippen molar-refractivity contribution in [3.05, 3.63) is 16.1 Å². The fraction of sp³-hybridized carbons (Fsp3) is 0.688. The number of hydrogen-bond acceptors (Lipinski definition) is 4. The highest BCUT2D eigenvalue weighted by Gasteiger charge is 2.35. The van der Waals surface area contributed by atoms with E-state index in [1.54, 1.807) is 22.4 Å². The molecule has 0 spiro atoms. The van der Waals surface area contributed by atoms with E-state index in [9.17, 15) is 9.59 Å². The minimum Gasteiger partial charge on any atom is -0.349 e. The molecule has 0 aliphatic carbocycles. The summed E-state index contributed by atoms with van der Waals surface area (Å²) in [7, 11) is 0. The Labute approximate surface area is 136 Å². The van der Waals surface area contributed by atoms with Gasteiger partial charge < -0.3 is 10.2 Å². The molecule has 2 rings (SSSR count). The molecule has 0 radical (unpaired) electrons. The van der Waals surface area contributed by atoms with Gasteiger partial charge in [-0.2, -0.15) is 0 Å². The Morgan fingerprint density at radius 1 is 1.45 bits per heavy atom. The summed E-state index contributed by atoms with van der Waals surface area (Å²) in [4.78, 5) is 31.7. The highest BCUT2D eigenvalue weighted by Crippen LogP contribution is 2.25. The van der Waals surface area contributed by atoms with Gasteiger partial charge in [0.15, 0.2) is 0 Å². The van der Waals surface area contributed by atoms with Gasteiger partial charge in [-0.25, -0.2) is 4.98 Å². The molecular weight excluding hydrogens is 298 g/mol. The second kappa shape index (κ2) is 6.77. The monoisotopic (exact) mass is 323 g/mol. The lowest BCUT2D eigenvalue weighted by molar-refractivity contribution is -0.139.